The number of Topliss-reactive ketones (excluding diaryl/α,β-unsaturated/α-hetero) is 1. The number of sulfone groups is 1. The van der Waals surface area contributed by atoms with E-state index < -0.39 is 9.84 Å². The minimum absolute atomic E-state index is 0.0800. The lowest BCUT2D eigenvalue weighted by atomic mass is 10.1. The van der Waals surface area contributed by atoms with Crippen LogP contribution in [0.4, 0.5) is 11.4 Å². The van der Waals surface area contributed by atoms with Crippen molar-refractivity contribution in [3.63, 3.8) is 0 Å². The first-order valence-electron chi connectivity index (χ1n) is 8.18. The molecule has 2 heterocycles. The van der Waals surface area contributed by atoms with Gasteiger partial charge in [0.2, 0.25) is 0 Å². The maximum Gasteiger partial charge on any atom is 0.274 e. The molecule has 1 atom stereocenters. The molecule has 1 aliphatic rings. The van der Waals surface area contributed by atoms with Gasteiger partial charge in [0.05, 0.1) is 23.4 Å². The van der Waals surface area contributed by atoms with Crippen LogP contribution in [0.3, 0.4) is 0 Å². The third-order valence-electron chi connectivity index (χ3n) is 4.13. The van der Waals surface area contributed by atoms with Gasteiger partial charge in [-0.1, -0.05) is 12.1 Å². The van der Waals surface area contributed by atoms with Crippen molar-refractivity contribution in [2.75, 3.05) is 22.1 Å². The first kappa shape index (κ1) is 18.1. The lowest BCUT2D eigenvalue weighted by Gasteiger charge is -2.12. The van der Waals surface area contributed by atoms with Crippen molar-refractivity contribution in [3.8, 4) is 0 Å². The Labute approximate surface area is 151 Å². The highest BCUT2D eigenvalue weighted by Crippen LogP contribution is 2.18. The topological polar surface area (TPSA) is 105 Å². The fraction of sp³-hybridized carbons (Fsp3) is 0.278. The molecule has 1 amide bonds. The zero-order valence-corrected chi connectivity index (χ0v) is 15.0. The summed E-state index contributed by atoms with van der Waals surface area (Å²) in [4.78, 5) is 27.8. The fourth-order valence-corrected chi connectivity index (χ4v) is 4.44. The largest absolute Gasteiger partial charge is 0.380 e. The van der Waals surface area contributed by atoms with Crippen LogP contribution in [0.25, 0.3) is 0 Å². The molecule has 1 aliphatic heterocycles. The minimum atomic E-state index is -2.95. The second-order valence-electron chi connectivity index (χ2n) is 6.27. The second kappa shape index (κ2) is 7.25. The number of amides is 1. The summed E-state index contributed by atoms with van der Waals surface area (Å²) in [7, 11) is -2.95. The summed E-state index contributed by atoms with van der Waals surface area (Å²) in [6.45, 7) is 1.46. The van der Waals surface area contributed by atoms with E-state index in [1.807, 2.05) is 0 Å². The standard InChI is InChI=1S/C18H19N3O4S/c1-12(22)13-3-2-4-14(9-13)21-18(23)17-6-5-15(10-19-17)20-16-7-8-26(24,25)11-16/h2-6,9-10,16,20H,7-8,11H2,1H3,(H,21,23). The summed E-state index contributed by atoms with van der Waals surface area (Å²) in [5.41, 5.74) is 1.93. The Balaban J connectivity index is 1.64. The van der Waals surface area contributed by atoms with Crippen LogP contribution in [0.5, 0.6) is 0 Å². The Hall–Kier alpha value is -2.74. The Morgan fingerprint density at radius 1 is 1.15 bits per heavy atom. The zero-order valence-electron chi connectivity index (χ0n) is 14.2. The van der Waals surface area contributed by atoms with Gasteiger partial charge in [-0.3, -0.25) is 9.59 Å². The first-order valence-corrected chi connectivity index (χ1v) is 10.00. The lowest BCUT2D eigenvalue weighted by molar-refractivity contribution is 0.100. The van der Waals surface area contributed by atoms with E-state index in [1.165, 1.54) is 13.1 Å². The number of benzene rings is 1. The minimum Gasteiger partial charge on any atom is -0.380 e. The number of rotatable bonds is 5. The number of pyridine rings is 1. The highest BCUT2D eigenvalue weighted by atomic mass is 32.2. The fourth-order valence-electron chi connectivity index (χ4n) is 2.77. The van der Waals surface area contributed by atoms with Crippen LogP contribution < -0.4 is 10.6 Å². The summed E-state index contributed by atoms with van der Waals surface area (Å²) >= 11 is 0. The third kappa shape index (κ3) is 4.45. The molecule has 1 unspecified atom stereocenters. The SMILES string of the molecule is CC(=O)c1cccc(NC(=O)c2ccc(NC3CCS(=O)(=O)C3)cn2)c1. The van der Waals surface area contributed by atoms with Gasteiger partial charge in [-0.2, -0.15) is 0 Å². The first-order chi connectivity index (χ1) is 12.3. The van der Waals surface area contributed by atoms with Gasteiger partial charge in [0.15, 0.2) is 15.6 Å². The maximum absolute atomic E-state index is 12.3. The lowest BCUT2D eigenvalue weighted by Crippen LogP contribution is -2.21. The Kier molecular flexibility index (Phi) is 5.03. The normalized spacial score (nSPS) is 18.3. The molecule has 3 rings (SSSR count). The number of hydrogen-bond acceptors (Lipinski definition) is 6. The zero-order chi connectivity index (χ0) is 18.7. The van der Waals surface area contributed by atoms with Crippen LogP contribution in [0.1, 0.15) is 34.2 Å². The predicted molar refractivity (Wildman–Crippen MR) is 99.3 cm³/mol. The van der Waals surface area contributed by atoms with Crippen molar-refractivity contribution in [1.82, 2.24) is 4.98 Å². The van der Waals surface area contributed by atoms with Gasteiger partial charge >= 0.3 is 0 Å². The van der Waals surface area contributed by atoms with Crippen LogP contribution in [0, 0.1) is 0 Å². The van der Waals surface area contributed by atoms with Crippen molar-refractivity contribution in [3.05, 3.63) is 53.9 Å². The number of ketones is 1. The van der Waals surface area contributed by atoms with E-state index in [4.69, 9.17) is 0 Å². The molecule has 8 heteroatoms. The maximum atomic E-state index is 12.3. The number of aromatic nitrogens is 1. The smallest absolute Gasteiger partial charge is 0.274 e. The van der Waals surface area contributed by atoms with Crippen molar-refractivity contribution in [2.24, 2.45) is 0 Å². The molecule has 0 bridgehead atoms. The van der Waals surface area contributed by atoms with E-state index >= 15 is 0 Å². The Bertz CT molecular complexity index is 939. The monoisotopic (exact) mass is 373 g/mol. The van der Waals surface area contributed by atoms with Gasteiger partial charge in [-0.25, -0.2) is 13.4 Å². The molecule has 0 radical (unpaired) electrons. The molecule has 2 aromatic rings. The Morgan fingerprint density at radius 2 is 1.96 bits per heavy atom. The molecular formula is C18H19N3O4S. The van der Waals surface area contributed by atoms with E-state index in [1.54, 1.807) is 36.4 Å². The van der Waals surface area contributed by atoms with Crippen molar-refractivity contribution in [1.29, 1.82) is 0 Å². The molecule has 1 aromatic carbocycles. The number of anilines is 2. The van der Waals surface area contributed by atoms with Crippen molar-refractivity contribution in [2.45, 2.75) is 19.4 Å². The van der Waals surface area contributed by atoms with E-state index in [0.29, 0.717) is 23.4 Å². The summed E-state index contributed by atoms with van der Waals surface area (Å²) in [6.07, 6.45) is 2.07. The molecule has 2 N–H and O–H groups in total. The summed E-state index contributed by atoms with van der Waals surface area (Å²) < 4.78 is 23.0. The van der Waals surface area contributed by atoms with Gasteiger partial charge < -0.3 is 10.6 Å². The van der Waals surface area contributed by atoms with Crippen LogP contribution in [0.2, 0.25) is 0 Å². The highest BCUT2D eigenvalue weighted by Gasteiger charge is 2.27. The van der Waals surface area contributed by atoms with E-state index in [0.717, 1.165) is 0 Å². The molecule has 7 nitrogen and oxygen atoms in total. The van der Waals surface area contributed by atoms with Gasteiger partial charge in [0, 0.05) is 17.3 Å². The van der Waals surface area contributed by atoms with Crippen molar-refractivity contribution >= 4 is 32.9 Å². The summed E-state index contributed by atoms with van der Waals surface area (Å²) in [5, 5.41) is 5.82. The van der Waals surface area contributed by atoms with Gasteiger partial charge in [0.25, 0.3) is 5.91 Å². The number of nitrogens with zero attached hydrogens (tertiary/aromatic N) is 1. The molecular weight excluding hydrogens is 354 g/mol. The second-order valence-corrected chi connectivity index (χ2v) is 8.50. The quantitative estimate of drug-likeness (QED) is 0.778. The van der Waals surface area contributed by atoms with E-state index in [2.05, 4.69) is 15.6 Å². The Morgan fingerprint density at radius 3 is 2.58 bits per heavy atom. The van der Waals surface area contributed by atoms with Crippen LogP contribution >= 0.6 is 0 Å². The van der Waals surface area contributed by atoms with Gasteiger partial charge in [-0.05, 0) is 37.6 Å². The number of carbonyl (C=O) groups excluding carboxylic acids is 2. The average Bonchev–Trinajstić information content (AvgIpc) is 2.94. The number of carbonyl (C=O) groups is 2. The van der Waals surface area contributed by atoms with Crippen LogP contribution in [-0.4, -0.2) is 42.6 Å². The molecule has 1 aromatic heterocycles. The van der Waals surface area contributed by atoms with E-state index in [9.17, 15) is 18.0 Å². The molecule has 26 heavy (non-hydrogen) atoms. The molecule has 0 saturated carbocycles. The molecule has 136 valence electrons. The van der Waals surface area contributed by atoms with Gasteiger partial charge in [-0.15, -0.1) is 0 Å². The molecule has 1 saturated heterocycles. The number of nitrogens with one attached hydrogen (secondary N) is 2. The number of hydrogen-bond donors (Lipinski definition) is 2. The van der Waals surface area contributed by atoms with E-state index in [-0.39, 0.29) is 34.9 Å². The van der Waals surface area contributed by atoms with Crippen molar-refractivity contribution < 1.29 is 18.0 Å². The van der Waals surface area contributed by atoms with Crippen LogP contribution in [-0.2, 0) is 9.84 Å². The molecule has 0 aliphatic carbocycles. The van der Waals surface area contributed by atoms with Crippen LogP contribution in [0.15, 0.2) is 42.6 Å². The third-order valence-corrected chi connectivity index (χ3v) is 5.89. The summed E-state index contributed by atoms with van der Waals surface area (Å²) in [5.74, 6) is -0.163. The summed E-state index contributed by atoms with van der Waals surface area (Å²) in [6, 6.07) is 9.81. The predicted octanol–water partition coefficient (Wildman–Crippen LogP) is 2.14. The average molecular weight is 373 g/mol. The highest BCUT2D eigenvalue weighted by molar-refractivity contribution is 7.91. The van der Waals surface area contributed by atoms with Gasteiger partial charge in [0.1, 0.15) is 5.69 Å². The molecule has 1 fully saturated rings. The molecule has 0 spiro atoms.